The third kappa shape index (κ3) is 4.79. The predicted octanol–water partition coefficient (Wildman–Crippen LogP) is 3.68. The molecule has 4 unspecified atom stereocenters. The summed E-state index contributed by atoms with van der Waals surface area (Å²) < 4.78 is 0. The Morgan fingerprint density at radius 1 is 1.23 bits per heavy atom. The van der Waals surface area contributed by atoms with Gasteiger partial charge in [0, 0.05) is 17.6 Å². The van der Waals surface area contributed by atoms with Gasteiger partial charge >= 0.3 is 0 Å². The van der Waals surface area contributed by atoms with Crippen molar-refractivity contribution in [1.29, 1.82) is 0 Å². The molecular weight excluding hydrogens is 345 g/mol. The van der Waals surface area contributed by atoms with Crippen LogP contribution >= 0.6 is 11.8 Å². The fourth-order valence-electron chi connectivity index (χ4n) is 3.09. The molecule has 0 N–H and O–H groups in total. The van der Waals surface area contributed by atoms with E-state index in [1.54, 1.807) is 11.8 Å². The third-order valence-electron chi connectivity index (χ3n) is 4.99. The van der Waals surface area contributed by atoms with E-state index in [4.69, 9.17) is 7.85 Å². The van der Waals surface area contributed by atoms with Crippen LogP contribution in [0.2, 0.25) is 0 Å². The SMILES string of the molecule is [B]C(=O)C(C)CC(C)c1ccc(N2C(=O)CC(SC(C)CC)C2=O)cc1. The first-order chi connectivity index (χ1) is 12.2. The molecule has 1 aromatic rings. The number of hydrogen-bond donors (Lipinski definition) is 0. The van der Waals surface area contributed by atoms with Gasteiger partial charge in [-0.3, -0.25) is 9.59 Å². The summed E-state index contributed by atoms with van der Waals surface area (Å²) in [6.07, 6.45) is 1.91. The van der Waals surface area contributed by atoms with Crippen LogP contribution in [0.15, 0.2) is 24.3 Å². The Hall–Kier alpha value is -1.56. The molecule has 1 aromatic carbocycles. The quantitative estimate of drug-likeness (QED) is 0.517. The van der Waals surface area contributed by atoms with Gasteiger partial charge in [-0.25, -0.2) is 4.90 Å². The van der Waals surface area contributed by atoms with Crippen LogP contribution in [-0.4, -0.2) is 35.8 Å². The average Bonchev–Trinajstić information content (AvgIpc) is 2.88. The van der Waals surface area contributed by atoms with E-state index < -0.39 is 0 Å². The zero-order valence-corrected chi connectivity index (χ0v) is 16.7. The first-order valence-corrected chi connectivity index (χ1v) is 10.1. The molecule has 1 saturated heterocycles. The van der Waals surface area contributed by atoms with Crippen molar-refractivity contribution < 1.29 is 14.4 Å². The van der Waals surface area contributed by atoms with Crippen molar-refractivity contribution >= 4 is 42.8 Å². The van der Waals surface area contributed by atoms with Crippen molar-refractivity contribution in [3.05, 3.63) is 29.8 Å². The lowest BCUT2D eigenvalue weighted by Crippen LogP contribution is -2.31. The number of hydrogen-bond acceptors (Lipinski definition) is 4. The molecule has 1 aliphatic rings. The number of nitrogens with zero attached hydrogens (tertiary/aromatic N) is 1. The molecule has 2 radical (unpaired) electrons. The minimum atomic E-state index is -0.299. The van der Waals surface area contributed by atoms with Crippen molar-refractivity contribution in [3.63, 3.8) is 0 Å². The highest BCUT2D eigenvalue weighted by Gasteiger charge is 2.40. The van der Waals surface area contributed by atoms with E-state index in [-0.39, 0.29) is 41.0 Å². The van der Waals surface area contributed by atoms with Gasteiger partial charge in [0.1, 0.15) is 0 Å². The Bertz CT molecular complexity index is 676. The molecule has 1 heterocycles. The Labute approximate surface area is 161 Å². The van der Waals surface area contributed by atoms with E-state index >= 15 is 0 Å². The summed E-state index contributed by atoms with van der Waals surface area (Å²) in [4.78, 5) is 37.5. The van der Waals surface area contributed by atoms with Crippen LogP contribution in [0.1, 0.15) is 58.4 Å². The second kappa shape index (κ2) is 8.89. The maximum Gasteiger partial charge on any atom is 0.247 e. The molecule has 6 heteroatoms. The molecule has 4 nitrogen and oxygen atoms in total. The lowest BCUT2D eigenvalue weighted by atomic mass is 9.82. The van der Waals surface area contributed by atoms with E-state index in [0.717, 1.165) is 12.0 Å². The molecular formula is C20H26BNO3S. The van der Waals surface area contributed by atoms with Gasteiger partial charge in [-0.1, -0.05) is 39.8 Å². The summed E-state index contributed by atoms with van der Waals surface area (Å²) in [5.41, 5.74) is 1.38. The second-order valence-corrected chi connectivity index (χ2v) is 8.79. The first-order valence-electron chi connectivity index (χ1n) is 9.16. The van der Waals surface area contributed by atoms with Crippen LogP contribution in [0.4, 0.5) is 5.69 Å². The number of anilines is 1. The molecule has 0 bridgehead atoms. The summed E-state index contributed by atoms with van der Waals surface area (Å²) in [5.74, 6) is -0.280. The minimum absolute atomic E-state index is 0.122. The molecule has 1 aliphatic heterocycles. The molecule has 26 heavy (non-hydrogen) atoms. The van der Waals surface area contributed by atoms with Crippen molar-refractivity contribution in [1.82, 2.24) is 0 Å². The lowest BCUT2D eigenvalue weighted by Gasteiger charge is -2.19. The van der Waals surface area contributed by atoms with Gasteiger partial charge in [-0.15, -0.1) is 11.8 Å². The van der Waals surface area contributed by atoms with Crippen LogP contribution in [0.3, 0.4) is 0 Å². The monoisotopic (exact) mass is 371 g/mol. The highest BCUT2D eigenvalue weighted by Crippen LogP contribution is 2.33. The van der Waals surface area contributed by atoms with Gasteiger partial charge in [0.2, 0.25) is 11.8 Å². The van der Waals surface area contributed by atoms with Gasteiger partial charge < -0.3 is 4.79 Å². The number of thioether (sulfide) groups is 1. The van der Waals surface area contributed by atoms with E-state index in [9.17, 15) is 14.4 Å². The van der Waals surface area contributed by atoms with Crippen LogP contribution in [0.5, 0.6) is 0 Å². The molecule has 0 saturated carbocycles. The third-order valence-corrected chi connectivity index (χ3v) is 6.48. The van der Waals surface area contributed by atoms with Gasteiger partial charge in [0.25, 0.3) is 0 Å². The topological polar surface area (TPSA) is 54.5 Å². The second-order valence-electron chi connectivity index (χ2n) is 7.15. The fraction of sp³-hybridized carbons (Fsp3) is 0.550. The molecule has 138 valence electrons. The Morgan fingerprint density at radius 2 is 1.85 bits per heavy atom. The van der Waals surface area contributed by atoms with E-state index in [0.29, 0.717) is 17.4 Å². The predicted molar refractivity (Wildman–Crippen MR) is 108 cm³/mol. The van der Waals surface area contributed by atoms with Crippen molar-refractivity contribution in [3.8, 4) is 0 Å². The average molecular weight is 371 g/mol. The fourth-order valence-corrected chi connectivity index (χ4v) is 4.31. The van der Waals surface area contributed by atoms with Gasteiger partial charge in [0.05, 0.1) is 16.6 Å². The Balaban J connectivity index is 2.09. The molecule has 2 rings (SSSR count). The zero-order chi connectivity index (χ0) is 19.4. The smallest absolute Gasteiger partial charge is 0.247 e. The maximum absolute atomic E-state index is 12.6. The molecule has 0 aromatic heterocycles. The largest absolute Gasteiger partial charge is 0.312 e. The van der Waals surface area contributed by atoms with E-state index in [1.807, 2.05) is 38.1 Å². The number of amides is 2. The highest BCUT2D eigenvalue weighted by atomic mass is 32.2. The van der Waals surface area contributed by atoms with Crippen LogP contribution in [0.25, 0.3) is 0 Å². The molecule has 4 atom stereocenters. The van der Waals surface area contributed by atoms with Gasteiger partial charge in [0.15, 0.2) is 7.85 Å². The van der Waals surface area contributed by atoms with Crippen LogP contribution in [-0.2, 0) is 14.4 Å². The molecule has 1 fully saturated rings. The summed E-state index contributed by atoms with van der Waals surface area (Å²) in [5, 5.41) is 0.0691. The van der Waals surface area contributed by atoms with Gasteiger partial charge in [-0.05, 0) is 36.5 Å². The zero-order valence-electron chi connectivity index (χ0n) is 15.9. The summed E-state index contributed by atoms with van der Waals surface area (Å²) in [6.45, 7) is 8.02. The number of imide groups is 1. The summed E-state index contributed by atoms with van der Waals surface area (Å²) >= 11 is 1.58. The summed E-state index contributed by atoms with van der Waals surface area (Å²) in [6, 6.07) is 7.46. The molecule has 0 spiro atoms. The van der Waals surface area contributed by atoms with Gasteiger partial charge in [-0.2, -0.15) is 0 Å². The molecule has 0 aliphatic carbocycles. The van der Waals surface area contributed by atoms with Crippen molar-refractivity contribution in [2.24, 2.45) is 5.92 Å². The van der Waals surface area contributed by atoms with Crippen molar-refractivity contribution in [2.45, 2.75) is 63.4 Å². The van der Waals surface area contributed by atoms with Crippen LogP contribution < -0.4 is 4.90 Å². The highest BCUT2D eigenvalue weighted by molar-refractivity contribution is 8.01. The standard InChI is InChI=1S/C20H26BNO3S/c1-5-14(4)26-17-11-18(23)22(20(17)25)16-8-6-15(7-9-16)12(2)10-13(3)19(21)24/h6-9,12-14,17H,5,10-11H2,1-4H3. The molecule has 2 amide bonds. The number of rotatable bonds is 8. The number of benzene rings is 1. The first kappa shape index (κ1) is 20.8. The summed E-state index contributed by atoms with van der Waals surface area (Å²) in [7, 11) is 5.33. The number of carbonyl (C=O) groups is 3. The minimum Gasteiger partial charge on any atom is -0.312 e. The normalized spacial score (nSPS) is 20.9. The number of carbonyl (C=O) groups excluding carboxylic acids is 3. The van der Waals surface area contributed by atoms with E-state index in [2.05, 4.69) is 13.8 Å². The Kier molecular flexibility index (Phi) is 7.10. The van der Waals surface area contributed by atoms with Crippen LogP contribution in [0, 0.1) is 5.92 Å². The van der Waals surface area contributed by atoms with E-state index in [1.165, 1.54) is 4.90 Å². The van der Waals surface area contributed by atoms with Crippen molar-refractivity contribution in [2.75, 3.05) is 4.90 Å². The Morgan fingerprint density at radius 3 is 2.38 bits per heavy atom. The maximum atomic E-state index is 12.6. The lowest BCUT2D eigenvalue weighted by molar-refractivity contribution is -0.121.